The van der Waals surface area contributed by atoms with Crippen LogP contribution >= 0.6 is 22.7 Å². The Morgan fingerprint density at radius 1 is 1.21 bits per heavy atom. The Bertz CT molecular complexity index is 1250. The summed E-state index contributed by atoms with van der Waals surface area (Å²) < 4.78 is 7.18. The second-order valence-corrected chi connectivity index (χ2v) is 8.49. The highest BCUT2D eigenvalue weighted by Crippen LogP contribution is 2.32. The van der Waals surface area contributed by atoms with Crippen molar-refractivity contribution in [3.05, 3.63) is 88.7 Å². The summed E-state index contributed by atoms with van der Waals surface area (Å²) in [7, 11) is 1.34. The Balaban J connectivity index is 1.96. The maximum Gasteiger partial charge on any atom is 0.338 e. The highest BCUT2D eigenvalue weighted by Gasteiger charge is 2.33. The third-order valence-corrected chi connectivity index (χ3v) is 6.52. The summed E-state index contributed by atoms with van der Waals surface area (Å²) in [5, 5.41) is 1.93. The van der Waals surface area contributed by atoms with Gasteiger partial charge in [-0.2, -0.15) is 0 Å². The van der Waals surface area contributed by atoms with Crippen molar-refractivity contribution in [2.75, 3.05) is 7.11 Å². The minimum atomic E-state index is -0.524. The van der Waals surface area contributed by atoms with E-state index in [9.17, 15) is 9.59 Å². The predicted octanol–water partition coefficient (Wildman–Crippen LogP) is 2.78. The van der Waals surface area contributed by atoms with Gasteiger partial charge in [-0.05, 0) is 36.9 Å². The highest BCUT2D eigenvalue weighted by molar-refractivity contribution is 7.10. The van der Waals surface area contributed by atoms with Crippen molar-refractivity contribution in [3.8, 4) is 0 Å². The third kappa shape index (κ3) is 3.16. The summed E-state index contributed by atoms with van der Waals surface area (Å²) in [6.45, 7) is 3.81. The number of esters is 1. The number of carbonyl (C=O) groups is 1. The molecule has 0 aliphatic carbocycles. The lowest BCUT2D eigenvalue weighted by molar-refractivity contribution is -0.136. The van der Waals surface area contributed by atoms with Gasteiger partial charge in [0.2, 0.25) is 0 Å². The van der Waals surface area contributed by atoms with Gasteiger partial charge in [-0.25, -0.2) is 9.79 Å². The van der Waals surface area contributed by atoms with Crippen LogP contribution in [0.4, 0.5) is 0 Å². The molecule has 3 aromatic rings. The van der Waals surface area contributed by atoms with Crippen molar-refractivity contribution >= 4 is 34.7 Å². The maximum absolute atomic E-state index is 13.3. The molecule has 2 aromatic heterocycles. The zero-order chi connectivity index (χ0) is 19.8. The summed E-state index contributed by atoms with van der Waals surface area (Å²) >= 11 is 2.84. The number of rotatable bonds is 3. The van der Waals surface area contributed by atoms with E-state index in [2.05, 4.69) is 4.99 Å². The summed E-state index contributed by atoms with van der Waals surface area (Å²) in [5.41, 5.74) is 2.94. The number of allylic oxidation sites excluding steroid dienone is 1. The van der Waals surface area contributed by atoms with Crippen LogP contribution in [0.5, 0.6) is 0 Å². The molecule has 7 heteroatoms. The average Bonchev–Trinajstić information content (AvgIpc) is 3.31. The van der Waals surface area contributed by atoms with Gasteiger partial charge in [0, 0.05) is 4.88 Å². The minimum Gasteiger partial charge on any atom is -0.466 e. The molecule has 0 unspecified atom stereocenters. The van der Waals surface area contributed by atoms with Crippen LogP contribution in [0.2, 0.25) is 0 Å². The maximum atomic E-state index is 13.3. The Hall–Kier alpha value is -2.77. The minimum absolute atomic E-state index is 0.156. The van der Waals surface area contributed by atoms with Gasteiger partial charge in [-0.3, -0.25) is 9.36 Å². The normalized spacial score (nSPS) is 16.7. The first kappa shape index (κ1) is 18.6. The van der Waals surface area contributed by atoms with Crippen molar-refractivity contribution in [2.24, 2.45) is 4.99 Å². The number of thiazole rings is 1. The smallest absolute Gasteiger partial charge is 0.338 e. The number of hydrogen-bond acceptors (Lipinski definition) is 6. The van der Waals surface area contributed by atoms with Crippen molar-refractivity contribution in [1.82, 2.24) is 4.57 Å². The van der Waals surface area contributed by atoms with Crippen LogP contribution in [0.15, 0.2) is 62.8 Å². The van der Waals surface area contributed by atoms with Gasteiger partial charge in [0.15, 0.2) is 4.80 Å². The first-order valence-electron chi connectivity index (χ1n) is 8.70. The number of benzene rings is 1. The second-order valence-electron chi connectivity index (χ2n) is 6.50. The van der Waals surface area contributed by atoms with Crippen molar-refractivity contribution in [1.29, 1.82) is 0 Å². The van der Waals surface area contributed by atoms with Gasteiger partial charge in [0.25, 0.3) is 5.56 Å². The van der Waals surface area contributed by atoms with E-state index in [1.54, 1.807) is 11.5 Å². The van der Waals surface area contributed by atoms with E-state index < -0.39 is 12.0 Å². The number of carbonyl (C=O) groups excluding carboxylic acids is 1. The van der Waals surface area contributed by atoms with Crippen LogP contribution in [-0.2, 0) is 9.53 Å². The SMILES string of the molecule is COC(=O)C1=C(C)N=c2s/c(=C/c3ccc(C)cc3)c(=O)n2[C@@H]1c1cccs1. The number of ether oxygens (including phenoxy) is 1. The fraction of sp³-hybridized carbons (Fsp3) is 0.190. The fourth-order valence-corrected chi connectivity index (χ4v) is 5.09. The highest BCUT2D eigenvalue weighted by atomic mass is 32.1. The number of aryl methyl sites for hydroxylation is 1. The van der Waals surface area contributed by atoms with Crippen LogP contribution in [0.3, 0.4) is 0 Å². The van der Waals surface area contributed by atoms with Gasteiger partial charge < -0.3 is 4.74 Å². The standard InChI is InChI=1S/C21H18N2O3S2/c1-12-6-8-14(9-7-12)11-16-19(24)23-18(15-5-4-10-27-15)17(20(25)26-3)13(2)22-21(23)28-16/h4-11,18H,1-3H3/b16-11+/t18-/m1/s1. The summed E-state index contributed by atoms with van der Waals surface area (Å²) in [5.74, 6) is -0.465. The second kappa shape index (κ2) is 7.33. The summed E-state index contributed by atoms with van der Waals surface area (Å²) in [6, 6.07) is 11.3. The van der Waals surface area contributed by atoms with E-state index in [-0.39, 0.29) is 5.56 Å². The number of aromatic nitrogens is 1. The number of hydrogen-bond donors (Lipinski definition) is 0. The fourth-order valence-electron chi connectivity index (χ4n) is 3.22. The lowest BCUT2D eigenvalue weighted by atomic mass is 10.0. The molecule has 0 spiro atoms. The van der Waals surface area contributed by atoms with Crippen LogP contribution < -0.4 is 14.9 Å². The van der Waals surface area contributed by atoms with Gasteiger partial charge >= 0.3 is 5.97 Å². The number of methoxy groups -OCH3 is 1. The molecule has 0 amide bonds. The largest absolute Gasteiger partial charge is 0.466 e. The molecule has 0 saturated heterocycles. The zero-order valence-electron chi connectivity index (χ0n) is 15.6. The summed E-state index contributed by atoms with van der Waals surface area (Å²) in [4.78, 5) is 31.8. The quantitative estimate of drug-likeness (QED) is 0.624. The van der Waals surface area contributed by atoms with E-state index in [1.165, 1.54) is 29.8 Å². The molecule has 3 heterocycles. The van der Waals surface area contributed by atoms with E-state index in [0.717, 1.165) is 16.0 Å². The van der Waals surface area contributed by atoms with Crippen molar-refractivity contribution < 1.29 is 9.53 Å². The first-order chi connectivity index (χ1) is 13.5. The average molecular weight is 411 g/mol. The van der Waals surface area contributed by atoms with Crippen LogP contribution in [0.25, 0.3) is 6.08 Å². The molecule has 28 heavy (non-hydrogen) atoms. The molecule has 1 aliphatic heterocycles. The molecule has 5 nitrogen and oxygen atoms in total. The molecule has 0 N–H and O–H groups in total. The van der Waals surface area contributed by atoms with Gasteiger partial charge in [-0.1, -0.05) is 47.2 Å². The molecule has 0 saturated carbocycles. The zero-order valence-corrected chi connectivity index (χ0v) is 17.3. The Kier molecular flexibility index (Phi) is 4.87. The van der Waals surface area contributed by atoms with Gasteiger partial charge in [0.05, 0.1) is 22.9 Å². The Morgan fingerprint density at radius 2 is 1.96 bits per heavy atom. The lowest BCUT2D eigenvalue weighted by Crippen LogP contribution is -2.39. The monoisotopic (exact) mass is 410 g/mol. The molecule has 0 radical (unpaired) electrons. The third-order valence-electron chi connectivity index (χ3n) is 4.61. The molecular weight excluding hydrogens is 392 g/mol. The van der Waals surface area contributed by atoms with E-state index >= 15 is 0 Å². The molecule has 0 fully saturated rings. The molecule has 1 aromatic carbocycles. The molecule has 1 atom stereocenters. The predicted molar refractivity (Wildman–Crippen MR) is 111 cm³/mol. The topological polar surface area (TPSA) is 60.7 Å². The Labute approximate surface area is 169 Å². The van der Waals surface area contributed by atoms with E-state index in [0.29, 0.717) is 20.6 Å². The number of nitrogens with zero attached hydrogens (tertiary/aromatic N) is 2. The molecule has 4 rings (SSSR count). The Morgan fingerprint density at radius 3 is 2.61 bits per heavy atom. The van der Waals surface area contributed by atoms with Gasteiger partial charge in [-0.15, -0.1) is 11.3 Å². The lowest BCUT2D eigenvalue weighted by Gasteiger charge is -2.22. The van der Waals surface area contributed by atoms with Crippen LogP contribution in [-0.4, -0.2) is 17.6 Å². The van der Waals surface area contributed by atoms with E-state index in [1.807, 2.05) is 54.8 Å². The van der Waals surface area contributed by atoms with Crippen LogP contribution in [0, 0.1) is 6.92 Å². The molecule has 1 aliphatic rings. The molecular formula is C21H18N2O3S2. The van der Waals surface area contributed by atoms with Crippen molar-refractivity contribution in [2.45, 2.75) is 19.9 Å². The number of fused-ring (bicyclic) bond motifs is 1. The van der Waals surface area contributed by atoms with E-state index in [4.69, 9.17) is 4.74 Å². The van der Waals surface area contributed by atoms with Crippen LogP contribution in [0.1, 0.15) is 29.0 Å². The van der Waals surface area contributed by atoms with Gasteiger partial charge in [0.1, 0.15) is 6.04 Å². The molecule has 0 bridgehead atoms. The number of thiophene rings is 1. The summed E-state index contributed by atoms with van der Waals surface area (Å²) in [6.07, 6.45) is 1.87. The van der Waals surface area contributed by atoms with Crippen molar-refractivity contribution in [3.63, 3.8) is 0 Å². The first-order valence-corrected chi connectivity index (χ1v) is 10.4. The molecule has 142 valence electrons.